The summed E-state index contributed by atoms with van der Waals surface area (Å²) in [6.45, 7) is 2.58. The minimum absolute atomic E-state index is 0.122. The third-order valence-electron chi connectivity index (χ3n) is 7.05. The lowest BCUT2D eigenvalue weighted by Gasteiger charge is -2.51. The first-order chi connectivity index (χ1) is 16.5. The fraction of sp³-hybridized carbons (Fsp3) is 0.360. The van der Waals surface area contributed by atoms with E-state index in [4.69, 9.17) is 4.74 Å². The molecule has 34 heavy (non-hydrogen) atoms. The SMILES string of the molecule is O=C(C[N+]12CCC(CC1)C(OC(=O)[C@@](O)(c1ccccc1)c1ccsc1)C2)Nc1ccncn1. The number of piperidine rings is 3. The zero-order valence-electron chi connectivity index (χ0n) is 18.7. The number of quaternary nitrogens is 1. The molecule has 0 spiro atoms. The van der Waals surface area contributed by atoms with E-state index in [1.165, 1.54) is 17.7 Å². The minimum atomic E-state index is -1.87. The van der Waals surface area contributed by atoms with Crippen LogP contribution in [0.15, 0.2) is 65.7 Å². The van der Waals surface area contributed by atoms with Gasteiger partial charge >= 0.3 is 5.97 Å². The Bertz CT molecular complexity index is 1130. The molecule has 3 saturated heterocycles. The largest absolute Gasteiger partial charge is 0.453 e. The van der Waals surface area contributed by atoms with Crippen molar-refractivity contribution in [2.45, 2.75) is 24.5 Å². The number of anilines is 1. The number of hydrogen-bond donors (Lipinski definition) is 2. The Kier molecular flexibility index (Phi) is 6.16. The minimum Gasteiger partial charge on any atom is -0.453 e. The zero-order chi connectivity index (χ0) is 23.6. The van der Waals surface area contributed by atoms with Crippen LogP contribution in [0.2, 0.25) is 0 Å². The Balaban J connectivity index is 1.32. The van der Waals surface area contributed by atoms with E-state index in [-0.39, 0.29) is 24.5 Å². The molecule has 9 heteroatoms. The lowest BCUT2D eigenvalue weighted by atomic mass is 9.82. The summed E-state index contributed by atoms with van der Waals surface area (Å²) in [6, 6.07) is 12.3. The van der Waals surface area contributed by atoms with E-state index < -0.39 is 11.6 Å². The summed E-state index contributed by atoms with van der Waals surface area (Å²) >= 11 is 1.42. The first-order valence-electron chi connectivity index (χ1n) is 11.4. The van der Waals surface area contributed by atoms with Crippen LogP contribution >= 0.6 is 11.3 Å². The van der Waals surface area contributed by atoms with Crippen molar-refractivity contribution in [2.24, 2.45) is 5.92 Å². The van der Waals surface area contributed by atoms with Gasteiger partial charge in [-0.2, -0.15) is 11.3 Å². The van der Waals surface area contributed by atoms with E-state index >= 15 is 0 Å². The maximum atomic E-state index is 13.5. The van der Waals surface area contributed by atoms with Gasteiger partial charge < -0.3 is 19.6 Å². The number of esters is 1. The number of nitrogens with zero attached hydrogens (tertiary/aromatic N) is 3. The third-order valence-corrected chi connectivity index (χ3v) is 7.74. The highest BCUT2D eigenvalue weighted by Gasteiger charge is 2.51. The Morgan fingerprint density at radius 2 is 1.94 bits per heavy atom. The summed E-state index contributed by atoms with van der Waals surface area (Å²) in [5.74, 6) is -0.0873. The Morgan fingerprint density at radius 3 is 2.62 bits per heavy atom. The van der Waals surface area contributed by atoms with E-state index in [1.807, 2.05) is 11.4 Å². The van der Waals surface area contributed by atoms with Crippen LogP contribution < -0.4 is 5.32 Å². The van der Waals surface area contributed by atoms with Gasteiger partial charge in [-0.3, -0.25) is 4.79 Å². The topological polar surface area (TPSA) is 101 Å². The third kappa shape index (κ3) is 4.34. The molecule has 6 rings (SSSR count). The molecule has 8 nitrogen and oxygen atoms in total. The number of thiophene rings is 1. The number of aromatic nitrogens is 2. The maximum absolute atomic E-state index is 13.5. The van der Waals surface area contributed by atoms with E-state index in [2.05, 4.69) is 15.3 Å². The molecule has 2 atom stereocenters. The van der Waals surface area contributed by atoms with Crippen molar-refractivity contribution in [2.75, 3.05) is 31.5 Å². The van der Waals surface area contributed by atoms with Gasteiger partial charge in [0.1, 0.15) is 18.7 Å². The van der Waals surface area contributed by atoms with Gasteiger partial charge in [0.05, 0.1) is 13.1 Å². The number of rotatable bonds is 7. The average molecular weight is 480 g/mol. The van der Waals surface area contributed by atoms with Crippen LogP contribution in [0.1, 0.15) is 24.0 Å². The van der Waals surface area contributed by atoms with Crippen LogP contribution in [0.5, 0.6) is 0 Å². The summed E-state index contributed by atoms with van der Waals surface area (Å²) in [5, 5.41) is 18.1. The van der Waals surface area contributed by atoms with Gasteiger partial charge in [0.25, 0.3) is 5.91 Å². The normalized spacial score (nSPS) is 25.3. The van der Waals surface area contributed by atoms with Crippen molar-refractivity contribution in [3.05, 3.63) is 76.9 Å². The van der Waals surface area contributed by atoms with Gasteiger partial charge in [-0.15, -0.1) is 0 Å². The predicted molar refractivity (Wildman–Crippen MR) is 127 cm³/mol. The monoisotopic (exact) mass is 479 g/mol. The van der Waals surface area contributed by atoms with Crippen LogP contribution in [-0.2, 0) is 19.9 Å². The van der Waals surface area contributed by atoms with Crippen LogP contribution in [0.3, 0.4) is 0 Å². The Labute approximate surface area is 201 Å². The second kappa shape index (κ2) is 9.25. The molecule has 1 aromatic carbocycles. The lowest BCUT2D eigenvalue weighted by Crippen LogP contribution is -2.66. The molecule has 3 aliphatic rings. The number of nitrogens with one attached hydrogen (secondary N) is 1. The standard InChI is InChI=1S/C25H26N4O4S/c30-23(28-22-6-10-26-17-27-22)15-29-11-7-18(8-12-29)21(14-29)33-24(31)25(32,20-9-13-34-16-20)19-4-2-1-3-5-19/h1-6,9-10,13,16-18,21,32H,7-8,11-12,14-15H2/p+1/t18?,21?,25-,29?/m1/s1. The summed E-state index contributed by atoms with van der Waals surface area (Å²) < 4.78 is 6.60. The molecule has 0 saturated carbocycles. The number of hydrogen-bond acceptors (Lipinski definition) is 7. The molecule has 3 fully saturated rings. The van der Waals surface area contributed by atoms with Crippen molar-refractivity contribution in [1.82, 2.24) is 9.97 Å². The van der Waals surface area contributed by atoms with Crippen LogP contribution in [0.4, 0.5) is 5.82 Å². The van der Waals surface area contributed by atoms with Crippen molar-refractivity contribution < 1.29 is 23.9 Å². The molecule has 2 N–H and O–H groups in total. The molecule has 5 heterocycles. The lowest BCUT2D eigenvalue weighted by molar-refractivity contribution is -0.939. The highest BCUT2D eigenvalue weighted by molar-refractivity contribution is 7.08. The number of ether oxygens (including phenoxy) is 1. The first-order valence-corrected chi connectivity index (χ1v) is 12.4. The first kappa shape index (κ1) is 22.6. The summed E-state index contributed by atoms with van der Waals surface area (Å²) in [5.41, 5.74) is -0.890. The van der Waals surface area contributed by atoms with E-state index in [9.17, 15) is 14.7 Å². The molecular weight excluding hydrogens is 452 g/mol. The number of carbonyl (C=O) groups excluding carboxylic acids is 2. The molecule has 0 aliphatic carbocycles. The fourth-order valence-corrected chi connectivity index (χ4v) is 5.90. The van der Waals surface area contributed by atoms with Crippen molar-refractivity contribution in [3.8, 4) is 0 Å². The number of benzene rings is 1. The van der Waals surface area contributed by atoms with E-state index in [1.54, 1.807) is 48.0 Å². The smallest absolute Gasteiger partial charge is 0.348 e. The molecule has 2 aromatic heterocycles. The van der Waals surface area contributed by atoms with Gasteiger partial charge in [-0.1, -0.05) is 30.3 Å². The molecule has 2 bridgehead atoms. The molecular formula is C25H27N4O4S+. The highest BCUT2D eigenvalue weighted by atomic mass is 32.1. The van der Waals surface area contributed by atoms with Crippen molar-refractivity contribution in [3.63, 3.8) is 0 Å². The Hall–Kier alpha value is -3.14. The van der Waals surface area contributed by atoms with Crippen LogP contribution in [0, 0.1) is 5.92 Å². The average Bonchev–Trinajstić information content (AvgIpc) is 3.40. The van der Waals surface area contributed by atoms with Gasteiger partial charge in [0.2, 0.25) is 5.60 Å². The predicted octanol–water partition coefficient (Wildman–Crippen LogP) is 2.56. The number of carbonyl (C=O) groups is 2. The second-order valence-corrected chi connectivity index (χ2v) is 9.92. The van der Waals surface area contributed by atoms with Crippen LogP contribution in [0.25, 0.3) is 0 Å². The van der Waals surface area contributed by atoms with Gasteiger partial charge in [0.15, 0.2) is 12.6 Å². The fourth-order valence-electron chi connectivity index (χ4n) is 5.20. The second-order valence-electron chi connectivity index (χ2n) is 9.14. The van der Waals surface area contributed by atoms with Crippen molar-refractivity contribution >= 4 is 29.0 Å². The van der Waals surface area contributed by atoms with E-state index in [0.717, 1.165) is 25.9 Å². The molecule has 3 aromatic rings. The number of amides is 1. The zero-order valence-corrected chi connectivity index (χ0v) is 19.5. The molecule has 1 amide bonds. The quantitative estimate of drug-likeness (QED) is 0.399. The maximum Gasteiger partial charge on any atom is 0.348 e. The van der Waals surface area contributed by atoms with Gasteiger partial charge in [0, 0.05) is 30.5 Å². The molecule has 176 valence electrons. The number of aliphatic hydroxyl groups is 1. The van der Waals surface area contributed by atoms with Gasteiger partial charge in [-0.25, -0.2) is 14.8 Å². The molecule has 0 radical (unpaired) electrons. The summed E-state index contributed by atoms with van der Waals surface area (Å²) in [4.78, 5) is 34.2. The Morgan fingerprint density at radius 1 is 1.15 bits per heavy atom. The molecule has 1 unspecified atom stereocenters. The number of fused-ring (bicyclic) bond motifs is 3. The molecule has 3 aliphatic heterocycles. The van der Waals surface area contributed by atoms with Crippen molar-refractivity contribution in [1.29, 1.82) is 0 Å². The van der Waals surface area contributed by atoms with Crippen LogP contribution in [-0.4, -0.2) is 63.7 Å². The summed E-state index contributed by atoms with van der Waals surface area (Å²) in [7, 11) is 0. The summed E-state index contributed by atoms with van der Waals surface area (Å²) in [6.07, 6.45) is 4.38. The van der Waals surface area contributed by atoms with E-state index in [0.29, 0.717) is 28.0 Å². The highest BCUT2D eigenvalue weighted by Crippen LogP contribution is 2.38. The van der Waals surface area contributed by atoms with Gasteiger partial charge in [-0.05, 0) is 28.5 Å².